The molecule has 0 saturated carbocycles. The minimum atomic E-state index is -0.119. The van der Waals surface area contributed by atoms with Crippen LogP contribution in [-0.4, -0.2) is 30.1 Å². The zero-order valence-corrected chi connectivity index (χ0v) is 19.7. The Morgan fingerprint density at radius 1 is 1.12 bits per heavy atom. The minimum Gasteiger partial charge on any atom is -0.491 e. The van der Waals surface area contributed by atoms with Crippen LogP contribution in [0.1, 0.15) is 60.6 Å². The summed E-state index contributed by atoms with van der Waals surface area (Å²) < 4.78 is 5.76. The highest BCUT2D eigenvalue weighted by atomic mass is 16.5. The van der Waals surface area contributed by atoms with Gasteiger partial charge in [-0.15, -0.1) is 0 Å². The fourth-order valence-corrected chi connectivity index (χ4v) is 4.35. The monoisotopic (exact) mass is 443 g/mol. The molecule has 1 aliphatic heterocycles. The van der Waals surface area contributed by atoms with Crippen molar-refractivity contribution in [3.05, 3.63) is 77.6 Å². The molecular formula is C28H33N3O2. The summed E-state index contributed by atoms with van der Waals surface area (Å²) in [7, 11) is 0. The molecule has 2 heterocycles. The predicted molar refractivity (Wildman–Crippen MR) is 134 cm³/mol. The van der Waals surface area contributed by atoms with Crippen molar-refractivity contribution in [3.63, 3.8) is 0 Å². The third kappa shape index (κ3) is 5.79. The Morgan fingerprint density at radius 3 is 2.73 bits per heavy atom. The summed E-state index contributed by atoms with van der Waals surface area (Å²) in [5.74, 6) is 1.04. The number of hydrogen-bond donors (Lipinski definition) is 2. The zero-order chi connectivity index (χ0) is 23.2. The van der Waals surface area contributed by atoms with Crippen LogP contribution in [0, 0.1) is 6.92 Å². The summed E-state index contributed by atoms with van der Waals surface area (Å²) in [6, 6.07) is 17.7. The molecule has 1 amide bonds. The number of aryl methyl sites for hydroxylation is 1. The number of amides is 1. The molecule has 1 atom stereocenters. The van der Waals surface area contributed by atoms with Crippen molar-refractivity contribution in [1.82, 2.24) is 10.3 Å². The number of aromatic nitrogens is 1. The van der Waals surface area contributed by atoms with Gasteiger partial charge in [0, 0.05) is 24.2 Å². The predicted octanol–water partition coefficient (Wildman–Crippen LogP) is 5.95. The highest BCUT2D eigenvalue weighted by Crippen LogP contribution is 2.30. The Bertz CT molecular complexity index is 1080. The second-order valence-electron chi connectivity index (χ2n) is 9.01. The first-order valence-electron chi connectivity index (χ1n) is 11.9. The summed E-state index contributed by atoms with van der Waals surface area (Å²) >= 11 is 0. The molecular weight excluding hydrogens is 410 g/mol. The van der Waals surface area contributed by atoms with E-state index in [0.29, 0.717) is 11.5 Å². The fraction of sp³-hybridized carbons (Fsp3) is 0.357. The number of anilines is 1. The number of carbonyl (C=O) groups is 1. The van der Waals surface area contributed by atoms with E-state index >= 15 is 0 Å². The molecule has 2 N–H and O–H groups in total. The van der Waals surface area contributed by atoms with Gasteiger partial charge in [0.25, 0.3) is 5.91 Å². The van der Waals surface area contributed by atoms with E-state index in [2.05, 4.69) is 22.5 Å². The summed E-state index contributed by atoms with van der Waals surface area (Å²) in [6.45, 7) is 8.03. The maximum atomic E-state index is 13.2. The molecule has 0 spiro atoms. The second kappa shape index (κ2) is 10.6. The SMILES string of the molecule is Cc1ccc(C(=O)Nc2cccnc2C2CCCCNC2)cc1-c1ccc(OC(C)C)cc1. The molecule has 1 fully saturated rings. The van der Waals surface area contributed by atoms with Crippen molar-refractivity contribution in [3.8, 4) is 16.9 Å². The topological polar surface area (TPSA) is 63.2 Å². The fourth-order valence-electron chi connectivity index (χ4n) is 4.35. The van der Waals surface area contributed by atoms with Crippen LogP contribution in [0.15, 0.2) is 60.8 Å². The lowest BCUT2D eigenvalue weighted by molar-refractivity contribution is 0.102. The first-order valence-corrected chi connectivity index (χ1v) is 11.9. The van der Waals surface area contributed by atoms with Gasteiger partial charge in [-0.3, -0.25) is 9.78 Å². The average molecular weight is 444 g/mol. The van der Waals surface area contributed by atoms with E-state index in [-0.39, 0.29) is 12.0 Å². The lowest BCUT2D eigenvalue weighted by atomic mass is 9.96. The van der Waals surface area contributed by atoms with E-state index in [9.17, 15) is 4.79 Å². The van der Waals surface area contributed by atoms with Gasteiger partial charge in [-0.05, 0) is 93.2 Å². The Kier molecular flexibility index (Phi) is 7.40. The Balaban J connectivity index is 1.55. The molecule has 172 valence electrons. The molecule has 0 radical (unpaired) electrons. The number of nitrogens with zero attached hydrogens (tertiary/aromatic N) is 1. The zero-order valence-electron chi connectivity index (χ0n) is 19.7. The van der Waals surface area contributed by atoms with Gasteiger partial charge in [-0.1, -0.05) is 24.6 Å². The first kappa shape index (κ1) is 23.0. The molecule has 1 saturated heterocycles. The van der Waals surface area contributed by atoms with Gasteiger partial charge in [0.15, 0.2) is 0 Å². The van der Waals surface area contributed by atoms with Crippen LogP contribution in [0.25, 0.3) is 11.1 Å². The number of rotatable bonds is 6. The molecule has 1 unspecified atom stereocenters. The summed E-state index contributed by atoms with van der Waals surface area (Å²) in [5, 5.41) is 6.62. The van der Waals surface area contributed by atoms with Crippen LogP contribution >= 0.6 is 0 Å². The summed E-state index contributed by atoms with van der Waals surface area (Å²) in [4.78, 5) is 17.8. The van der Waals surface area contributed by atoms with E-state index in [1.54, 1.807) is 0 Å². The van der Waals surface area contributed by atoms with Crippen LogP contribution in [0.5, 0.6) is 5.75 Å². The van der Waals surface area contributed by atoms with Crippen LogP contribution in [-0.2, 0) is 0 Å². The van der Waals surface area contributed by atoms with Crippen molar-refractivity contribution in [1.29, 1.82) is 0 Å². The number of carbonyl (C=O) groups excluding carboxylic acids is 1. The molecule has 33 heavy (non-hydrogen) atoms. The van der Waals surface area contributed by atoms with Gasteiger partial charge >= 0.3 is 0 Å². The Hall–Kier alpha value is -3.18. The van der Waals surface area contributed by atoms with Crippen molar-refractivity contribution >= 4 is 11.6 Å². The van der Waals surface area contributed by atoms with Gasteiger partial charge in [-0.2, -0.15) is 0 Å². The third-order valence-corrected chi connectivity index (χ3v) is 6.06. The standard InChI is InChI=1S/C28H33N3O2/c1-19(2)33-24-13-11-21(12-14-24)25-17-22(10-9-20(25)3)28(32)31-26-8-6-16-30-27(26)23-7-4-5-15-29-18-23/h6,8-14,16-17,19,23,29H,4-5,7,15,18H2,1-3H3,(H,31,32). The number of ether oxygens (including phenoxy) is 1. The van der Waals surface area contributed by atoms with Crippen LogP contribution < -0.4 is 15.4 Å². The quantitative estimate of drug-likeness (QED) is 0.494. The maximum Gasteiger partial charge on any atom is 0.255 e. The average Bonchev–Trinajstić information content (AvgIpc) is 3.09. The lowest BCUT2D eigenvalue weighted by Crippen LogP contribution is -2.22. The van der Waals surface area contributed by atoms with E-state index in [1.807, 2.05) is 74.6 Å². The van der Waals surface area contributed by atoms with Crippen LogP contribution in [0.2, 0.25) is 0 Å². The van der Waals surface area contributed by atoms with Gasteiger partial charge in [0.05, 0.1) is 17.5 Å². The smallest absolute Gasteiger partial charge is 0.255 e. The molecule has 5 nitrogen and oxygen atoms in total. The number of hydrogen-bond acceptors (Lipinski definition) is 4. The Morgan fingerprint density at radius 2 is 1.94 bits per heavy atom. The van der Waals surface area contributed by atoms with Gasteiger partial charge < -0.3 is 15.4 Å². The summed E-state index contributed by atoms with van der Waals surface area (Å²) in [6.07, 6.45) is 5.38. The van der Waals surface area contributed by atoms with Gasteiger partial charge in [0.1, 0.15) is 5.75 Å². The highest BCUT2D eigenvalue weighted by Gasteiger charge is 2.20. The van der Waals surface area contributed by atoms with E-state index < -0.39 is 0 Å². The van der Waals surface area contributed by atoms with E-state index in [1.165, 1.54) is 12.8 Å². The third-order valence-electron chi connectivity index (χ3n) is 6.06. The highest BCUT2D eigenvalue weighted by molar-refractivity contribution is 6.05. The molecule has 1 aromatic heterocycles. The van der Waals surface area contributed by atoms with Crippen molar-refractivity contribution < 1.29 is 9.53 Å². The Labute approximate surface area is 196 Å². The summed E-state index contributed by atoms with van der Waals surface area (Å²) in [5.41, 5.74) is 5.62. The minimum absolute atomic E-state index is 0.119. The van der Waals surface area contributed by atoms with E-state index in [0.717, 1.165) is 53.3 Å². The van der Waals surface area contributed by atoms with Gasteiger partial charge in [0.2, 0.25) is 0 Å². The largest absolute Gasteiger partial charge is 0.491 e. The molecule has 2 aromatic carbocycles. The van der Waals surface area contributed by atoms with Gasteiger partial charge in [-0.25, -0.2) is 0 Å². The normalized spacial score (nSPS) is 16.3. The molecule has 4 rings (SSSR count). The van der Waals surface area contributed by atoms with Crippen molar-refractivity contribution in [2.75, 3.05) is 18.4 Å². The second-order valence-corrected chi connectivity index (χ2v) is 9.01. The van der Waals surface area contributed by atoms with E-state index in [4.69, 9.17) is 4.74 Å². The molecule has 0 bridgehead atoms. The van der Waals surface area contributed by atoms with Crippen molar-refractivity contribution in [2.24, 2.45) is 0 Å². The maximum absolute atomic E-state index is 13.2. The molecule has 3 aromatic rings. The lowest BCUT2D eigenvalue weighted by Gasteiger charge is -2.18. The first-order chi connectivity index (χ1) is 16.0. The van der Waals surface area contributed by atoms with Crippen molar-refractivity contribution in [2.45, 2.75) is 52.1 Å². The molecule has 0 aliphatic carbocycles. The molecule has 5 heteroatoms. The number of pyridine rings is 1. The number of benzene rings is 2. The van der Waals surface area contributed by atoms with Crippen LogP contribution in [0.4, 0.5) is 5.69 Å². The van der Waals surface area contributed by atoms with Crippen LogP contribution in [0.3, 0.4) is 0 Å². The number of nitrogens with one attached hydrogen (secondary N) is 2. The molecule has 1 aliphatic rings.